The summed E-state index contributed by atoms with van der Waals surface area (Å²) >= 11 is 0. The van der Waals surface area contributed by atoms with Crippen LogP contribution in [-0.4, -0.2) is 17.9 Å². The SMILES string of the molecule is C=CC(=C1/OCC/C1=C(/C)NCc1cccc(C(O)=C2CCC2)c1F)/C(C)=C/C=N\C(N)=C\CC. The zero-order valence-electron chi connectivity index (χ0n) is 21.0. The Morgan fingerprint density at radius 2 is 2.06 bits per heavy atom. The van der Waals surface area contributed by atoms with Crippen LogP contribution >= 0.6 is 0 Å². The number of ether oxygens (including phenoxy) is 1. The third kappa shape index (κ3) is 6.32. The molecule has 0 bridgehead atoms. The van der Waals surface area contributed by atoms with Gasteiger partial charge in [-0.1, -0.05) is 31.7 Å². The van der Waals surface area contributed by atoms with Crippen LogP contribution in [-0.2, 0) is 11.3 Å². The molecule has 4 N–H and O–H groups in total. The molecule has 6 heteroatoms. The Morgan fingerprint density at radius 3 is 2.71 bits per heavy atom. The van der Waals surface area contributed by atoms with E-state index < -0.39 is 0 Å². The number of rotatable bonds is 9. The third-order valence-corrected chi connectivity index (χ3v) is 6.33. The van der Waals surface area contributed by atoms with Gasteiger partial charge in [0, 0.05) is 41.6 Å². The van der Waals surface area contributed by atoms with Crippen molar-refractivity contribution in [2.75, 3.05) is 6.61 Å². The van der Waals surface area contributed by atoms with Gasteiger partial charge in [0.2, 0.25) is 0 Å². The van der Waals surface area contributed by atoms with Crippen molar-refractivity contribution in [3.63, 3.8) is 0 Å². The predicted molar refractivity (Wildman–Crippen MR) is 142 cm³/mol. The number of halogens is 1. The van der Waals surface area contributed by atoms with E-state index in [1.54, 1.807) is 30.5 Å². The van der Waals surface area contributed by atoms with Crippen molar-refractivity contribution in [1.29, 1.82) is 0 Å². The molecular weight excluding hydrogens is 441 g/mol. The standard InChI is InChI=1S/C29H36FN3O2/c1-5-9-26(31)32-16-14-19(3)23(6-2)29-24(15-17-35-29)20(4)33-18-22-12-8-13-25(27(22)30)28(34)21-10-7-11-21/h6,8-9,12-14,16,33-34H,2,5,7,10-11,15,17-18,31H2,1,3-4H3/b19-14+,24-20+,26-9+,29-23-,32-16-. The molecule has 2 aliphatic rings. The summed E-state index contributed by atoms with van der Waals surface area (Å²) in [6.07, 6.45) is 11.5. The van der Waals surface area contributed by atoms with E-state index in [1.807, 2.05) is 32.9 Å². The first-order valence-corrected chi connectivity index (χ1v) is 12.2. The molecule has 2 fully saturated rings. The van der Waals surface area contributed by atoms with Crippen molar-refractivity contribution in [2.45, 2.75) is 59.4 Å². The molecule has 0 spiro atoms. The molecular formula is C29H36FN3O2. The average Bonchev–Trinajstić information content (AvgIpc) is 3.27. The minimum Gasteiger partial charge on any atom is -0.507 e. The molecule has 1 saturated carbocycles. The van der Waals surface area contributed by atoms with Crippen LogP contribution in [0.5, 0.6) is 0 Å². The van der Waals surface area contributed by atoms with Gasteiger partial charge < -0.3 is 20.9 Å². The number of allylic oxidation sites excluding steroid dienone is 8. The second kappa shape index (κ2) is 12.2. The quantitative estimate of drug-likeness (QED) is 0.272. The van der Waals surface area contributed by atoms with Crippen LogP contribution in [0.4, 0.5) is 4.39 Å². The lowest BCUT2D eigenvalue weighted by molar-refractivity contribution is 0.263. The van der Waals surface area contributed by atoms with Crippen LogP contribution < -0.4 is 11.1 Å². The molecule has 0 radical (unpaired) electrons. The molecule has 186 valence electrons. The summed E-state index contributed by atoms with van der Waals surface area (Å²) in [5.74, 6) is 0.962. The molecule has 1 saturated heterocycles. The van der Waals surface area contributed by atoms with Crippen LogP contribution in [0.15, 0.2) is 87.6 Å². The predicted octanol–water partition coefficient (Wildman–Crippen LogP) is 6.73. The topological polar surface area (TPSA) is 79.9 Å². The normalized spacial score (nSPS) is 19.4. The minimum absolute atomic E-state index is 0.0912. The maximum absolute atomic E-state index is 15.1. The fourth-order valence-corrected chi connectivity index (χ4v) is 4.09. The number of aliphatic hydroxyl groups excluding tert-OH is 1. The van der Waals surface area contributed by atoms with E-state index in [-0.39, 0.29) is 17.1 Å². The summed E-state index contributed by atoms with van der Waals surface area (Å²) in [6, 6.07) is 5.16. The molecule has 1 aliphatic heterocycles. The van der Waals surface area contributed by atoms with Crippen molar-refractivity contribution in [3.05, 3.63) is 99.5 Å². The van der Waals surface area contributed by atoms with E-state index in [0.717, 1.165) is 65.9 Å². The van der Waals surface area contributed by atoms with Gasteiger partial charge >= 0.3 is 0 Å². The highest BCUT2D eigenvalue weighted by Crippen LogP contribution is 2.34. The van der Waals surface area contributed by atoms with Crippen molar-refractivity contribution in [3.8, 4) is 0 Å². The van der Waals surface area contributed by atoms with E-state index in [0.29, 0.717) is 24.5 Å². The Bertz CT molecular complexity index is 1150. The van der Waals surface area contributed by atoms with Crippen LogP contribution in [0.25, 0.3) is 5.76 Å². The summed E-state index contributed by atoms with van der Waals surface area (Å²) in [4.78, 5) is 4.22. The molecule has 0 amide bonds. The van der Waals surface area contributed by atoms with Crippen LogP contribution in [0, 0.1) is 5.82 Å². The maximum Gasteiger partial charge on any atom is 0.139 e. The number of aliphatic imine (C=N–C) groups is 1. The summed E-state index contributed by atoms with van der Waals surface area (Å²) in [5, 5.41) is 13.8. The van der Waals surface area contributed by atoms with Crippen molar-refractivity contribution in [1.82, 2.24) is 5.32 Å². The smallest absolute Gasteiger partial charge is 0.139 e. The number of aliphatic hydroxyl groups is 1. The molecule has 1 aromatic carbocycles. The first kappa shape index (κ1) is 26.1. The van der Waals surface area contributed by atoms with E-state index in [1.165, 1.54) is 0 Å². The second-order valence-electron chi connectivity index (χ2n) is 8.75. The molecule has 1 heterocycles. The molecule has 5 nitrogen and oxygen atoms in total. The van der Waals surface area contributed by atoms with Crippen LogP contribution in [0.1, 0.15) is 64.0 Å². The van der Waals surface area contributed by atoms with Crippen LogP contribution in [0.3, 0.4) is 0 Å². The van der Waals surface area contributed by atoms with Gasteiger partial charge in [-0.25, -0.2) is 9.38 Å². The van der Waals surface area contributed by atoms with Gasteiger partial charge in [-0.3, -0.25) is 0 Å². The summed E-state index contributed by atoms with van der Waals surface area (Å²) in [6.45, 7) is 10.8. The van der Waals surface area contributed by atoms with Crippen LogP contribution in [0.2, 0.25) is 0 Å². The number of nitrogens with two attached hydrogens (primary N) is 1. The van der Waals surface area contributed by atoms with E-state index in [9.17, 15) is 5.11 Å². The zero-order valence-corrected chi connectivity index (χ0v) is 21.0. The first-order chi connectivity index (χ1) is 16.9. The number of hydrogen-bond donors (Lipinski definition) is 3. The van der Waals surface area contributed by atoms with E-state index in [4.69, 9.17) is 10.5 Å². The fraction of sp³-hybridized carbons (Fsp3) is 0.345. The van der Waals surface area contributed by atoms with Crippen molar-refractivity contribution >= 4 is 12.0 Å². The van der Waals surface area contributed by atoms with E-state index >= 15 is 4.39 Å². The second-order valence-corrected chi connectivity index (χ2v) is 8.75. The summed E-state index contributed by atoms with van der Waals surface area (Å²) in [7, 11) is 0. The van der Waals surface area contributed by atoms with Gasteiger partial charge in [0.25, 0.3) is 0 Å². The Labute approximate surface area is 208 Å². The lowest BCUT2D eigenvalue weighted by Crippen LogP contribution is -2.15. The molecule has 3 rings (SSSR count). The Kier molecular flexibility index (Phi) is 9.12. The van der Waals surface area contributed by atoms with Crippen molar-refractivity contribution in [2.24, 2.45) is 10.7 Å². The van der Waals surface area contributed by atoms with Crippen molar-refractivity contribution < 1.29 is 14.2 Å². The van der Waals surface area contributed by atoms with Gasteiger partial charge in [0.1, 0.15) is 23.2 Å². The fourth-order valence-electron chi connectivity index (χ4n) is 4.09. The highest BCUT2D eigenvalue weighted by Gasteiger charge is 2.23. The van der Waals surface area contributed by atoms with E-state index in [2.05, 4.69) is 16.9 Å². The highest BCUT2D eigenvalue weighted by molar-refractivity contribution is 5.75. The Hall–Kier alpha value is -3.54. The Balaban J connectivity index is 1.82. The average molecular weight is 478 g/mol. The van der Waals surface area contributed by atoms with Gasteiger partial charge in [0.05, 0.1) is 12.2 Å². The first-order valence-electron chi connectivity index (χ1n) is 12.2. The molecule has 0 atom stereocenters. The minimum atomic E-state index is -0.380. The lowest BCUT2D eigenvalue weighted by atomic mass is 9.89. The number of nitrogens with zero attached hydrogens (tertiary/aromatic N) is 1. The number of nitrogens with one attached hydrogen (secondary N) is 1. The maximum atomic E-state index is 15.1. The molecule has 35 heavy (non-hydrogen) atoms. The number of hydrogen-bond acceptors (Lipinski definition) is 5. The van der Waals surface area contributed by atoms with Gasteiger partial charge in [0.15, 0.2) is 0 Å². The molecule has 0 aromatic heterocycles. The van der Waals surface area contributed by atoms with Gasteiger partial charge in [-0.05, 0) is 68.9 Å². The van der Waals surface area contributed by atoms with Gasteiger partial charge in [-0.15, -0.1) is 0 Å². The highest BCUT2D eigenvalue weighted by atomic mass is 19.1. The largest absolute Gasteiger partial charge is 0.507 e. The monoisotopic (exact) mass is 477 g/mol. The summed E-state index contributed by atoms with van der Waals surface area (Å²) in [5.41, 5.74) is 11.3. The Morgan fingerprint density at radius 1 is 1.29 bits per heavy atom. The zero-order chi connectivity index (χ0) is 25.4. The number of benzene rings is 1. The summed E-state index contributed by atoms with van der Waals surface area (Å²) < 4.78 is 21.1. The molecule has 0 unspecified atom stereocenters. The lowest BCUT2D eigenvalue weighted by Gasteiger charge is -2.19. The molecule has 1 aromatic rings. The molecule has 1 aliphatic carbocycles. The third-order valence-electron chi connectivity index (χ3n) is 6.33. The van der Waals surface area contributed by atoms with Gasteiger partial charge in [-0.2, -0.15) is 0 Å².